The molecule has 2 aromatic carbocycles. The van der Waals surface area contributed by atoms with E-state index in [0.717, 1.165) is 11.1 Å². The fourth-order valence-corrected chi connectivity index (χ4v) is 12.8. The Balaban J connectivity index is 1.25. The van der Waals surface area contributed by atoms with Crippen molar-refractivity contribution < 1.29 is 48.0 Å². The quantitative estimate of drug-likeness (QED) is 0.304. The van der Waals surface area contributed by atoms with E-state index in [2.05, 4.69) is 0 Å². The van der Waals surface area contributed by atoms with E-state index in [1.54, 1.807) is 6.92 Å². The highest BCUT2D eigenvalue weighted by Crippen LogP contribution is 2.94. The predicted molar refractivity (Wildman–Crippen MR) is 176 cm³/mol. The van der Waals surface area contributed by atoms with Gasteiger partial charge in [0.15, 0.2) is 17.0 Å². The molecule has 2 aromatic rings. The van der Waals surface area contributed by atoms with E-state index in [1.807, 2.05) is 81.4 Å². The Bertz CT molecular complexity index is 1820. The van der Waals surface area contributed by atoms with Gasteiger partial charge in [-0.05, 0) is 28.9 Å². The van der Waals surface area contributed by atoms with Gasteiger partial charge in [0, 0.05) is 54.3 Å². The van der Waals surface area contributed by atoms with Crippen molar-refractivity contribution in [1.29, 1.82) is 0 Å². The van der Waals surface area contributed by atoms with Gasteiger partial charge >= 0.3 is 23.9 Å². The van der Waals surface area contributed by atoms with E-state index < -0.39 is 92.6 Å². The molecule has 10 heteroatoms. The molecule has 6 aliphatic rings. The van der Waals surface area contributed by atoms with Crippen molar-refractivity contribution in [2.75, 3.05) is 6.61 Å². The molecule has 0 heterocycles. The smallest absolute Gasteiger partial charge is 0.311 e. The summed E-state index contributed by atoms with van der Waals surface area (Å²) in [7, 11) is 0. The lowest BCUT2D eigenvalue weighted by Gasteiger charge is -2.65. The van der Waals surface area contributed by atoms with E-state index in [9.17, 15) is 29.1 Å². The average molecular weight is 685 g/mol. The second-order valence-corrected chi connectivity index (χ2v) is 16.6. The number of Topliss-reactive ketones (excluding diaryl/α,β-unsaturated/α-hetero) is 1. The minimum absolute atomic E-state index is 0.0229. The molecule has 0 spiro atoms. The molecule has 3 unspecified atom stereocenters. The number of hydrogen-bond acceptors (Lipinski definition) is 10. The van der Waals surface area contributed by atoms with Crippen molar-refractivity contribution in [2.45, 2.75) is 83.7 Å². The molecule has 12 atom stereocenters. The largest absolute Gasteiger partial charge is 0.465 e. The lowest BCUT2D eigenvalue weighted by molar-refractivity contribution is -0.242. The molecule has 1 N–H and O–H groups in total. The summed E-state index contributed by atoms with van der Waals surface area (Å²) in [4.78, 5) is 67.4. The van der Waals surface area contributed by atoms with Crippen LogP contribution in [0.5, 0.6) is 0 Å². The van der Waals surface area contributed by atoms with Crippen molar-refractivity contribution >= 4 is 29.7 Å². The molecule has 50 heavy (non-hydrogen) atoms. The number of aliphatic hydroxyl groups is 1. The van der Waals surface area contributed by atoms with Crippen molar-refractivity contribution in [2.24, 2.45) is 51.8 Å². The van der Waals surface area contributed by atoms with Gasteiger partial charge in [-0.15, -0.1) is 0 Å². The Morgan fingerprint density at radius 1 is 0.780 bits per heavy atom. The van der Waals surface area contributed by atoms with Crippen LogP contribution >= 0.6 is 0 Å². The molecular formula is C40H44O10. The molecule has 6 fully saturated rings. The van der Waals surface area contributed by atoms with Crippen molar-refractivity contribution in [3.05, 3.63) is 71.8 Å². The molecule has 10 nitrogen and oxygen atoms in total. The molecule has 6 saturated carbocycles. The molecule has 0 aliphatic heterocycles. The number of ketones is 1. The predicted octanol–water partition coefficient (Wildman–Crippen LogP) is 4.04. The van der Waals surface area contributed by atoms with E-state index in [0.29, 0.717) is 0 Å². The van der Waals surface area contributed by atoms with Crippen molar-refractivity contribution in [3.63, 3.8) is 0 Å². The van der Waals surface area contributed by atoms with Crippen molar-refractivity contribution in [3.8, 4) is 0 Å². The lowest BCUT2D eigenvalue weighted by atomic mass is 9.37. The second-order valence-electron chi connectivity index (χ2n) is 16.6. The van der Waals surface area contributed by atoms with Crippen LogP contribution in [0, 0.1) is 51.8 Å². The van der Waals surface area contributed by atoms with E-state index in [1.165, 1.54) is 13.8 Å². The summed E-state index contributed by atoms with van der Waals surface area (Å²) in [5.74, 6) is -5.73. The highest BCUT2D eigenvalue weighted by atomic mass is 16.6. The molecule has 0 aromatic heterocycles. The summed E-state index contributed by atoms with van der Waals surface area (Å²) >= 11 is 0. The number of esters is 4. The Labute approximate surface area is 291 Å². The molecule has 8 rings (SSSR count). The number of carbonyl (C=O) groups is 5. The third kappa shape index (κ3) is 3.70. The van der Waals surface area contributed by atoms with Crippen LogP contribution in [0.3, 0.4) is 0 Å². The highest BCUT2D eigenvalue weighted by molar-refractivity contribution is 6.03. The van der Waals surface area contributed by atoms with Gasteiger partial charge in [-0.3, -0.25) is 24.0 Å². The normalized spacial score (nSPS) is 43.2. The maximum absolute atomic E-state index is 14.8. The lowest BCUT2D eigenvalue weighted by Crippen LogP contribution is -2.67. The average Bonchev–Trinajstić information content (AvgIpc) is 3.26. The minimum atomic E-state index is -1.68. The maximum atomic E-state index is 14.8. The van der Waals surface area contributed by atoms with Gasteiger partial charge in [0.2, 0.25) is 0 Å². The Morgan fingerprint density at radius 2 is 1.36 bits per heavy atom. The van der Waals surface area contributed by atoms with Crippen LogP contribution in [-0.4, -0.2) is 64.3 Å². The topological polar surface area (TPSA) is 142 Å². The van der Waals surface area contributed by atoms with Crippen LogP contribution < -0.4 is 0 Å². The first-order chi connectivity index (χ1) is 23.5. The Hall–Kier alpha value is -4.05. The molecule has 264 valence electrons. The number of ether oxygens (including phenoxy) is 4. The van der Waals surface area contributed by atoms with Crippen LogP contribution in [0.25, 0.3) is 0 Å². The molecule has 0 saturated heterocycles. The summed E-state index contributed by atoms with van der Waals surface area (Å²) < 4.78 is 24.7. The van der Waals surface area contributed by atoms with E-state index >= 15 is 0 Å². The van der Waals surface area contributed by atoms with Gasteiger partial charge in [-0.25, -0.2) is 0 Å². The molecule has 2 bridgehead atoms. The maximum Gasteiger partial charge on any atom is 0.311 e. The fourth-order valence-electron chi connectivity index (χ4n) is 12.8. The van der Waals surface area contributed by atoms with Gasteiger partial charge in [0.05, 0.1) is 25.0 Å². The standard InChI is InChI=1S/C40H44O10/c1-21-33(48-26(43)17-24-13-9-7-10-14-24)40(49-23(3)42)31(35(40,4)5)30-28-29-32(39(21,30)46)38(50-27(44)18-25-15-11-8-12-16-25)19-37(28,20-47-22(2)41)36(29,6)34(38)45/h7-16,21,28-33,46H,17-20H2,1-6H3/t21-,28+,29?,30+,31+,32-,33-,36?,37?,38+,39-,40+/m0/s1. The Morgan fingerprint density at radius 3 is 1.92 bits per heavy atom. The number of benzene rings is 2. The van der Waals surface area contributed by atoms with Crippen LogP contribution in [-0.2, 0) is 55.8 Å². The van der Waals surface area contributed by atoms with Crippen LogP contribution in [0.4, 0.5) is 0 Å². The monoisotopic (exact) mass is 684 g/mol. The highest BCUT2D eigenvalue weighted by Gasteiger charge is 3.02. The third-order valence-electron chi connectivity index (χ3n) is 14.4. The summed E-state index contributed by atoms with van der Waals surface area (Å²) in [5, 5.41) is 13.5. The van der Waals surface area contributed by atoms with Crippen LogP contribution in [0.15, 0.2) is 60.7 Å². The number of carbonyl (C=O) groups excluding carboxylic acids is 5. The van der Waals surface area contributed by atoms with Gasteiger partial charge in [-0.1, -0.05) is 88.4 Å². The molecular weight excluding hydrogens is 640 g/mol. The Kier molecular flexibility index (Phi) is 6.80. The summed E-state index contributed by atoms with van der Waals surface area (Å²) in [6.07, 6.45) is -1.04. The van der Waals surface area contributed by atoms with Gasteiger partial charge in [0.1, 0.15) is 6.10 Å². The van der Waals surface area contributed by atoms with Gasteiger partial charge in [-0.2, -0.15) is 0 Å². The summed E-state index contributed by atoms with van der Waals surface area (Å²) in [5.41, 5.74) is -5.82. The summed E-state index contributed by atoms with van der Waals surface area (Å²) in [6.45, 7) is 10.2. The van der Waals surface area contributed by atoms with Gasteiger partial charge < -0.3 is 24.1 Å². The van der Waals surface area contributed by atoms with Crippen LogP contribution in [0.2, 0.25) is 0 Å². The first kappa shape index (κ1) is 33.1. The second kappa shape index (κ2) is 10.3. The molecule has 6 aliphatic carbocycles. The van der Waals surface area contributed by atoms with Gasteiger partial charge in [0.25, 0.3) is 0 Å². The SMILES string of the molecule is CC(=O)OCC12C[C@]3(OC(=O)Cc4ccccc4)C(=O)C1(C)C1[C@@H]2[C@@H]2[C@@H]4C(C)(C)[C@]4(OC(C)=O)[C@@H](OC(=O)Cc4ccccc4)[C@H](C)[C@@]2(O)[C@@H]13. The third-order valence-corrected chi connectivity index (χ3v) is 14.4. The number of rotatable bonds is 9. The molecule has 0 amide bonds. The van der Waals surface area contributed by atoms with Crippen LogP contribution in [0.1, 0.15) is 59.1 Å². The van der Waals surface area contributed by atoms with E-state index in [-0.39, 0.29) is 37.6 Å². The van der Waals surface area contributed by atoms with E-state index in [4.69, 9.17) is 18.9 Å². The number of fused-ring (bicyclic) bond motifs is 8. The van der Waals surface area contributed by atoms with Crippen molar-refractivity contribution in [1.82, 2.24) is 0 Å². The fraction of sp³-hybridized carbons (Fsp3) is 0.575. The summed E-state index contributed by atoms with van der Waals surface area (Å²) in [6, 6.07) is 18.3. The zero-order valence-corrected chi connectivity index (χ0v) is 29.3. The molecule has 0 radical (unpaired) electrons. The minimum Gasteiger partial charge on any atom is -0.465 e. The first-order valence-electron chi connectivity index (χ1n) is 17.6. The number of hydrogen-bond donors (Lipinski definition) is 1. The zero-order chi connectivity index (χ0) is 35.8. The zero-order valence-electron chi connectivity index (χ0n) is 29.3. The first-order valence-corrected chi connectivity index (χ1v) is 17.6.